The van der Waals surface area contributed by atoms with E-state index in [0.717, 1.165) is 19.5 Å². The minimum Gasteiger partial charge on any atom is -0.355 e. The third-order valence-electron chi connectivity index (χ3n) is 1.89. The van der Waals surface area contributed by atoms with E-state index in [0.29, 0.717) is 5.84 Å². The summed E-state index contributed by atoms with van der Waals surface area (Å²) in [5, 5.41) is 7.56. The lowest BCUT2D eigenvalue weighted by Gasteiger charge is -2.15. The second-order valence-corrected chi connectivity index (χ2v) is 2.88. The van der Waals surface area contributed by atoms with Crippen molar-refractivity contribution in [1.29, 1.82) is 5.41 Å². The second kappa shape index (κ2) is 3.53. The lowest BCUT2D eigenvalue weighted by Crippen LogP contribution is -2.30. The Bertz CT molecular complexity index is 174. The normalized spacial score (nSPS) is 24.9. The third-order valence-corrected chi connectivity index (χ3v) is 1.89. The molecule has 1 heterocycles. The second-order valence-electron chi connectivity index (χ2n) is 2.88. The molecule has 1 rings (SSSR count). The van der Waals surface area contributed by atoms with Crippen LogP contribution in [0.3, 0.4) is 0 Å². The van der Waals surface area contributed by atoms with Crippen molar-refractivity contribution in [3.8, 4) is 0 Å². The number of hydrogen-bond donors (Lipinski definition) is 2. The lowest BCUT2D eigenvalue weighted by atomic mass is 10.3. The Balaban J connectivity index is 2.43. The summed E-state index contributed by atoms with van der Waals surface area (Å²) in [7, 11) is 0. The number of nitrogens with two attached hydrogens (primary N) is 1. The van der Waals surface area contributed by atoms with E-state index in [1.807, 2.05) is 17.9 Å². The highest BCUT2D eigenvalue weighted by Gasteiger charge is 2.19. The van der Waals surface area contributed by atoms with Crippen LogP contribution in [0.4, 0.5) is 0 Å². The minimum absolute atomic E-state index is 0.264. The lowest BCUT2D eigenvalue weighted by molar-refractivity contribution is 0.509. The molecule has 0 spiro atoms. The first-order valence-electron chi connectivity index (χ1n) is 3.96. The highest BCUT2D eigenvalue weighted by atomic mass is 15.2. The van der Waals surface area contributed by atoms with Crippen LogP contribution in [0, 0.1) is 5.41 Å². The highest BCUT2D eigenvalue weighted by molar-refractivity contribution is 5.90. The molecule has 1 saturated heterocycles. The van der Waals surface area contributed by atoms with E-state index in [1.165, 1.54) is 0 Å². The van der Waals surface area contributed by atoms with Crippen LogP contribution in [0.5, 0.6) is 0 Å². The van der Waals surface area contributed by atoms with Crippen molar-refractivity contribution in [2.45, 2.75) is 19.4 Å². The fraction of sp³-hybridized carbons (Fsp3) is 0.625. The van der Waals surface area contributed by atoms with Gasteiger partial charge in [-0.3, -0.25) is 5.41 Å². The van der Waals surface area contributed by atoms with Gasteiger partial charge < -0.3 is 10.6 Å². The summed E-state index contributed by atoms with van der Waals surface area (Å²) in [6.07, 6.45) is 4.70. The molecule has 0 aliphatic carbocycles. The maximum Gasteiger partial charge on any atom is 0.120 e. The topological polar surface area (TPSA) is 53.1 Å². The predicted octanol–water partition coefficient (Wildman–Crippen LogP) is 0.573. The molecule has 1 aliphatic heterocycles. The molecule has 0 radical (unpaired) electrons. The average molecular weight is 153 g/mol. The summed E-state index contributed by atoms with van der Waals surface area (Å²) in [6.45, 7) is 3.69. The van der Waals surface area contributed by atoms with Gasteiger partial charge in [0.2, 0.25) is 0 Å². The first-order chi connectivity index (χ1) is 5.24. The van der Waals surface area contributed by atoms with Crippen LogP contribution in [0.1, 0.15) is 13.3 Å². The van der Waals surface area contributed by atoms with E-state index < -0.39 is 0 Å². The quantitative estimate of drug-likeness (QED) is 0.427. The number of rotatable bonds is 1. The van der Waals surface area contributed by atoms with E-state index >= 15 is 0 Å². The van der Waals surface area contributed by atoms with Crippen LogP contribution in [-0.2, 0) is 0 Å². The van der Waals surface area contributed by atoms with E-state index in [2.05, 4.69) is 0 Å². The van der Waals surface area contributed by atoms with Gasteiger partial charge in [0, 0.05) is 19.1 Å². The summed E-state index contributed by atoms with van der Waals surface area (Å²) < 4.78 is 0. The summed E-state index contributed by atoms with van der Waals surface area (Å²) in [6, 6.07) is 0.264. The van der Waals surface area contributed by atoms with Crippen LogP contribution in [-0.4, -0.2) is 29.9 Å². The molecule has 3 heteroatoms. The molecule has 3 nitrogen and oxygen atoms in total. The standard InChI is InChI=1S/C8H15N3/c1-2-3-8(10)11-5-4-7(9)6-11/h2-3,7,10H,4-6,9H2,1H3. The summed E-state index contributed by atoms with van der Waals surface area (Å²) in [5.41, 5.74) is 5.70. The zero-order valence-corrected chi connectivity index (χ0v) is 6.88. The molecule has 1 aliphatic rings. The van der Waals surface area contributed by atoms with Crippen LogP contribution >= 0.6 is 0 Å². The molecule has 0 bridgehead atoms. The molecule has 0 saturated carbocycles. The van der Waals surface area contributed by atoms with Crippen molar-refractivity contribution < 1.29 is 0 Å². The van der Waals surface area contributed by atoms with E-state index in [9.17, 15) is 0 Å². The van der Waals surface area contributed by atoms with Crippen molar-refractivity contribution >= 4 is 5.84 Å². The molecule has 1 atom stereocenters. The van der Waals surface area contributed by atoms with Gasteiger partial charge in [0.15, 0.2) is 0 Å². The molecular formula is C8H15N3. The number of amidine groups is 1. The number of nitrogens with one attached hydrogen (secondary N) is 1. The fourth-order valence-electron chi connectivity index (χ4n) is 1.27. The molecular weight excluding hydrogens is 138 g/mol. The molecule has 0 aromatic heterocycles. The molecule has 0 amide bonds. The van der Waals surface area contributed by atoms with Crippen LogP contribution in [0.15, 0.2) is 12.2 Å². The summed E-state index contributed by atoms with van der Waals surface area (Å²) >= 11 is 0. The van der Waals surface area contributed by atoms with Crippen LogP contribution in [0.25, 0.3) is 0 Å². The Kier molecular flexibility index (Phi) is 2.65. The van der Waals surface area contributed by atoms with Gasteiger partial charge in [0.25, 0.3) is 0 Å². The Morgan fingerprint density at radius 1 is 1.73 bits per heavy atom. The zero-order valence-electron chi connectivity index (χ0n) is 6.88. The van der Waals surface area contributed by atoms with Crippen LogP contribution in [0.2, 0.25) is 0 Å². The smallest absolute Gasteiger partial charge is 0.120 e. The highest BCUT2D eigenvalue weighted by Crippen LogP contribution is 2.07. The molecule has 1 unspecified atom stereocenters. The zero-order chi connectivity index (χ0) is 8.27. The van der Waals surface area contributed by atoms with Gasteiger partial charge in [0.05, 0.1) is 0 Å². The number of likely N-dealkylation sites (tertiary alicyclic amines) is 1. The van der Waals surface area contributed by atoms with Crippen molar-refractivity contribution in [2.75, 3.05) is 13.1 Å². The maximum atomic E-state index is 7.56. The largest absolute Gasteiger partial charge is 0.355 e. The van der Waals surface area contributed by atoms with Gasteiger partial charge in [-0.05, 0) is 19.4 Å². The first kappa shape index (κ1) is 8.27. The van der Waals surface area contributed by atoms with Gasteiger partial charge in [-0.15, -0.1) is 0 Å². The van der Waals surface area contributed by atoms with Crippen molar-refractivity contribution in [1.82, 2.24) is 4.90 Å². The summed E-state index contributed by atoms with van der Waals surface area (Å²) in [5.74, 6) is 0.584. The number of hydrogen-bond acceptors (Lipinski definition) is 2. The predicted molar refractivity (Wildman–Crippen MR) is 46.7 cm³/mol. The number of allylic oxidation sites excluding steroid dienone is 1. The molecule has 0 aromatic carbocycles. The Labute approximate surface area is 67.4 Å². The van der Waals surface area contributed by atoms with E-state index in [1.54, 1.807) is 6.08 Å². The Morgan fingerprint density at radius 3 is 2.91 bits per heavy atom. The fourth-order valence-corrected chi connectivity index (χ4v) is 1.27. The SMILES string of the molecule is CC=CC(=N)N1CCC(N)C1. The van der Waals surface area contributed by atoms with E-state index in [4.69, 9.17) is 11.1 Å². The van der Waals surface area contributed by atoms with Gasteiger partial charge in [-0.25, -0.2) is 0 Å². The van der Waals surface area contributed by atoms with Gasteiger partial charge in [-0.1, -0.05) is 6.08 Å². The number of nitrogens with zero attached hydrogens (tertiary/aromatic N) is 1. The van der Waals surface area contributed by atoms with Gasteiger partial charge in [0.1, 0.15) is 5.84 Å². The first-order valence-corrected chi connectivity index (χ1v) is 3.96. The van der Waals surface area contributed by atoms with Crippen molar-refractivity contribution in [3.63, 3.8) is 0 Å². The van der Waals surface area contributed by atoms with Crippen molar-refractivity contribution in [2.24, 2.45) is 5.73 Å². The Hall–Kier alpha value is -0.830. The minimum atomic E-state index is 0.264. The average Bonchev–Trinajstić information content (AvgIpc) is 2.36. The maximum absolute atomic E-state index is 7.56. The van der Waals surface area contributed by atoms with Gasteiger partial charge >= 0.3 is 0 Å². The van der Waals surface area contributed by atoms with Crippen molar-refractivity contribution in [3.05, 3.63) is 12.2 Å². The molecule has 3 N–H and O–H groups in total. The molecule has 11 heavy (non-hydrogen) atoms. The molecule has 0 aromatic rings. The monoisotopic (exact) mass is 153 g/mol. The Morgan fingerprint density at radius 2 is 2.45 bits per heavy atom. The molecule has 1 fully saturated rings. The van der Waals surface area contributed by atoms with Crippen LogP contribution < -0.4 is 5.73 Å². The van der Waals surface area contributed by atoms with E-state index in [-0.39, 0.29) is 6.04 Å². The van der Waals surface area contributed by atoms with Gasteiger partial charge in [-0.2, -0.15) is 0 Å². The molecule has 62 valence electrons. The summed E-state index contributed by atoms with van der Waals surface area (Å²) in [4.78, 5) is 2.00. The third kappa shape index (κ3) is 2.05.